The van der Waals surface area contributed by atoms with Crippen molar-refractivity contribution in [3.8, 4) is 0 Å². The zero-order valence-electron chi connectivity index (χ0n) is 19.3. The smallest absolute Gasteiger partial charge is 0.322 e. The second-order valence-corrected chi connectivity index (χ2v) is 8.16. The Bertz CT molecular complexity index is 1420. The number of hydrogen-bond donors (Lipinski definition) is 2. The number of hydrogen-bond acceptors (Lipinski definition) is 4. The van der Waals surface area contributed by atoms with Crippen molar-refractivity contribution in [2.45, 2.75) is 19.9 Å². The third-order valence-electron chi connectivity index (χ3n) is 5.55. The van der Waals surface area contributed by atoms with Crippen LogP contribution in [0.3, 0.4) is 0 Å². The minimum absolute atomic E-state index is 0.120. The van der Waals surface area contributed by atoms with Gasteiger partial charge < -0.3 is 15.0 Å². The Hall–Kier alpha value is -4.52. The molecule has 4 rings (SSSR count). The lowest BCUT2D eigenvalue weighted by molar-refractivity contribution is -0.135. The number of carboxylic acid groups (broad SMARTS) is 1. The fourth-order valence-electron chi connectivity index (χ4n) is 3.77. The van der Waals surface area contributed by atoms with Crippen LogP contribution in [0.4, 0.5) is 0 Å². The lowest BCUT2D eigenvalue weighted by Crippen LogP contribution is -2.29. The summed E-state index contributed by atoms with van der Waals surface area (Å²) in [5, 5.41) is 11.1. The number of imidazole rings is 1. The van der Waals surface area contributed by atoms with E-state index in [4.69, 9.17) is 5.11 Å². The molecule has 0 aliphatic carbocycles. The van der Waals surface area contributed by atoms with Crippen LogP contribution in [0, 0.1) is 6.92 Å². The first kappa shape index (κ1) is 23.6. The van der Waals surface area contributed by atoms with Gasteiger partial charge in [-0.1, -0.05) is 66.2 Å². The van der Waals surface area contributed by atoms with E-state index in [9.17, 15) is 14.4 Å². The van der Waals surface area contributed by atoms with E-state index in [2.05, 4.69) is 10.3 Å². The van der Waals surface area contributed by atoms with Crippen LogP contribution < -0.4 is 5.32 Å². The number of amides is 1. The van der Waals surface area contributed by atoms with Crippen molar-refractivity contribution >= 4 is 34.8 Å². The average molecular weight is 468 g/mol. The molecule has 35 heavy (non-hydrogen) atoms. The van der Waals surface area contributed by atoms with Crippen LogP contribution in [0.2, 0.25) is 0 Å². The predicted molar refractivity (Wildman–Crippen MR) is 134 cm³/mol. The highest BCUT2D eigenvalue weighted by molar-refractivity contribution is 6.08. The molecule has 1 amide bonds. The van der Waals surface area contributed by atoms with Crippen LogP contribution >= 0.6 is 0 Å². The number of nitrogens with zero attached hydrogens (tertiary/aromatic N) is 2. The number of nitrogens with one attached hydrogen (secondary N) is 1. The molecule has 0 radical (unpaired) electrons. The molecule has 176 valence electrons. The van der Waals surface area contributed by atoms with E-state index in [1.54, 1.807) is 18.2 Å². The molecule has 0 spiro atoms. The molecule has 0 aliphatic rings. The summed E-state index contributed by atoms with van der Waals surface area (Å²) >= 11 is 0. The number of fused-ring (bicyclic) bond motifs is 1. The molecule has 2 N–H and O–H groups in total. The average Bonchev–Trinajstić information content (AvgIpc) is 3.24. The molecule has 1 heterocycles. The van der Waals surface area contributed by atoms with E-state index in [0.29, 0.717) is 29.9 Å². The highest BCUT2D eigenvalue weighted by Gasteiger charge is 2.18. The SMILES string of the molecule is Cc1ccc(C(=O)c2nc3ccccc3n2CC/C=C/c2cccc(C(=O)NCC(=O)O)c2)cc1. The molecule has 0 saturated carbocycles. The second-order valence-electron chi connectivity index (χ2n) is 8.16. The number of aliphatic carboxylic acids is 1. The molecule has 0 atom stereocenters. The van der Waals surface area contributed by atoms with E-state index >= 15 is 0 Å². The first-order chi connectivity index (χ1) is 16.9. The van der Waals surface area contributed by atoms with Gasteiger partial charge in [-0.15, -0.1) is 0 Å². The number of carboxylic acids is 1. The van der Waals surface area contributed by atoms with E-state index in [1.807, 2.05) is 78.2 Å². The largest absolute Gasteiger partial charge is 0.480 e. The van der Waals surface area contributed by atoms with Gasteiger partial charge in [0.25, 0.3) is 5.91 Å². The summed E-state index contributed by atoms with van der Waals surface area (Å²) < 4.78 is 1.94. The van der Waals surface area contributed by atoms with E-state index in [0.717, 1.165) is 22.2 Å². The van der Waals surface area contributed by atoms with E-state index < -0.39 is 18.4 Å². The lowest BCUT2D eigenvalue weighted by atomic mass is 10.1. The van der Waals surface area contributed by atoms with Crippen molar-refractivity contribution in [2.75, 3.05) is 6.54 Å². The minimum Gasteiger partial charge on any atom is -0.480 e. The standard InChI is InChI=1S/C28H25N3O4/c1-19-12-14-21(15-13-19)26(34)27-30-23-10-2-3-11-24(23)31(27)16-5-4-7-20-8-6-9-22(17-20)28(35)29-18-25(32)33/h2-4,6-15,17H,5,16,18H2,1H3,(H,29,35)(H,32,33)/b7-4+. The predicted octanol–water partition coefficient (Wildman–Crippen LogP) is 4.49. The Labute approximate surface area is 202 Å². The van der Waals surface area contributed by atoms with Crippen LogP contribution in [-0.4, -0.2) is 38.9 Å². The Morgan fingerprint density at radius 2 is 1.74 bits per heavy atom. The number of allylic oxidation sites excluding steroid dienone is 1. The van der Waals surface area contributed by atoms with Crippen LogP contribution in [-0.2, 0) is 11.3 Å². The molecular formula is C28H25N3O4. The van der Waals surface area contributed by atoms with Gasteiger partial charge >= 0.3 is 5.97 Å². The summed E-state index contributed by atoms with van der Waals surface area (Å²) in [5.41, 5.74) is 4.56. The zero-order chi connectivity index (χ0) is 24.8. The van der Waals surface area contributed by atoms with Crippen molar-refractivity contribution in [1.29, 1.82) is 0 Å². The Balaban J connectivity index is 1.51. The summed E-state index contributed by atoms with van der Waals surface area (Å²) in [6.07, 6.45) is 4.52. The van der Waals surface area contributed by atoms with Gasteiger partial charge in [0.1, 0.15) is 6.54 Å². The van der Waals surface area contributed by atoms with Crippen LogP contribution in [0.15, 0.2) is 78.9 Å². The lowest BCUT2D eigenvalue weighted by Gasteiger charge is -2.08. The molecule has 3 aromatic carbocycles. The summed E-state index contributed by atoms with van der Waals surface area (Å²) in [5.74, 6) is -1.25. The molecule has 0 fully saturated rings. The van der Waals surface area contributed by atoms with Crippen molar-refractivity contribution in [3.05, 3.63) is 107 Å². The van der Waals surface area contributed by atoms with Crippen molar-refractivity contribution in [3.63, 3.8) is 0 Å². The highest BCUT2D eigenvalue weighted by Crippen LogP contribution is 2.20. The number of rotatable bonds is 9. The normalized spacial score (nSPS) is 11.1. The number of aryl methyl sites for hydroxylation is 2. The molecule has 7 nitrogen and oxygen atoms in total. The topological polar surface area (TPSA) is 101 Å². The molecular weight excluding hydrogens is 442 g/mol. The molecule has 4 aromatic rings. The van der Waals surface area contributed by atoms with Crippen LogP contribution in [0.25, 0.3) is 17.1 Å². The van der Waals surface area contributed by atoms with Crippen molar-refractivity contribution in [1.82, 2.24) is 14.9 Å². The third-order valence-corrected chi connectivity index (χ3v) is 5.55. The fourth-order valence-corrected chi connectivity index (χ4v) is 3.77. The summed E-state index contributed by atoms with van der Waals surface area (Å²) in [7, 11) is 0. The zero-order valence-corrected chi connectivity index (χ0v) is 19.3. The number of carbonyl (C=O) groups is 3. The quantitative estimate of drug-likeness (QED) is 0.353. The van der Waals surface area contributed by atoms with Gasteiger partial charge in [-0.3, -0.25) is 14.4 Å². The molecule has 0 aliphatic heterocycles. The first-order valence-electron chi connectivity index (χ1n) is 11.3. The summed E-state index contributed by atoms with van der Waals surface area (Å²) in [4.78, 5) is 40.6. The Kier molecular flexibility index (Phi) is 7.16. The van der Waals surface area contributed by atoms with E-state index in [1.165, 1.54) is 0 Å². The molecule has 0 saturated heterocycles. The maximum absolute atomic E-state index is 13.2. The summed E-state index contributed by atoms with van der Waals surface area (Å²) in [6.45, 7) is 2.11. The third kappa shape index (κ3) is 5.70. The number of para-hydroxylation sites is 2. The molecule has 0 bridgehead atoms. The monoisotopic (exact) mass is 467 g/mol. The second kappa shape index (κ2) is 10.6. The highest BCUT2D eigenvalue weighted by atomic mass is 16.4. The maximum Gasteiger partial charge on any atom is 0.322 e. The van der Waals surface area contributed by atoms with Crippen LogP contribution in [0.1, 0.15) is 44.1 Å². The Morgan fingerprint density at radius 3 is 2.51 bits per heavy atom. The Morgan fingerprint density at radius 1 is 0.971 bits per heavy atom. The van der Waals surface area contributed by atoms with E-state index in [-0.39, 0.29) is 5.78 Å². The van der Waals surface area contributed by atoms with Gasteiger partial charge in [-0.25, -0.2) is 4.98 Å². The number of ketones is 1. The van der Waals surface area contributed by atoms with Gasteiger partial charge in [0, 0.05) is 17.7 Å². The van der Waals surface area contributed by atoms with Gasteiger partial charge in [0.05, 0.1) is 11.0 Å². The minimum atomic E-state index is -1.10. The molecule has 1 aromatic heterocycles. The van der Waals surface area contributed by atoms with Gasteiger partial charge in [-0.05, 0) is 43.2 Å². The van der Waals surface area contributed by atoms with Gasteiger partial charge in [-0.2, -0.15) is 0 Å². The first-order valence-corrected chi connectivity index (χ1v) is 11.3. The van der Waals surface area contributed by atoms with Crippen molar-refractivity contribution in [2.24, 2.45) is 0 Å². The molecule has 0 unspecified atom stereocenters. The number of aromatic nitrogens is 2. The number of benzene rings is 3. The summed E-state index contributed by atoms with van der Waals surface area (Å²) in [6, 6.07) is 22.1. The van der Waals surface area contributed by atoms with Crippen LogP contribution in [0.5, 0.6) is 0 Å². The fraction of sp³-hybridized carbons (Fsp3) is 0.143. The van der Waals surface area contributed by atoms with Gasteiger partial charge in [0.2, 0.25) is 5.78 Å². The van der Waals surface area contributed by atoms with Gasteiger partial charge in [0.15, 0.2) is 5.82 Å². The number of carbonyl (C=O) groups excluding carboxylic acids is 2. The molecule has 7 heteroatoms. The maximum atomic E-state index is 13.2. The van der Waals surface area contributed by atoms with Crippen molar-refractivity contribution < 1.29 is 19.5 Å².